The lowest BCUT2D eigenvalue weighted by molar-refractivity contribution is -0.0220. The van der Waals surface area contributed by atoms with Crippen LogP contribution in [0.5, 0.6) is 0 Å². The number of hydrogen-bond donors (Lipinski definition) is 1. The number of piperidine rings is 1. The minimum atomic E-state index is -2.50. The molecule has 2 rings (SSSR count). The normalized spacial score (nSPS) is 20.3. The Bertz CT molecular complexity index is 344. The second-order valence-corrected chi connectivity index (χ2v) is 3.78. The molecule has 5 heteroatoms. The highest BCUT2D eigenvalue weighted by Crippen LogP contribution is 2.30. The summed E-state index contributed by atoms with van der Waals surface area (Å²) in [6.45, 7) is 0.743. The number of alkyl halides is 2. The molecule has 1 aliphatic rings. The Morgan fingerprint density at radius 3 is 2.60 bits per heavy atom. The summed E-state index contributed by atoms with van der Waals surface area (Å²) in [4.78, 5) is 5.78. The Kier molecular flexibility index (Phi) is 2.46. The lowest BCUT2D eigenvalue weighted by Crippen LogP contribution is -2.39. The molecule has 1 aliphatic heterocycles. The van der Waals surface area contributed by atoms with Gasteiger partial charge in [0.05, 0.1) is 0 Å². The van der Waals surface area contributed by atoms with Crippen LogP contribution in [0.4, 0.5) is 20.3 Å². The predicted molar refractivity (Wildman–Crippen MR) is 55.0 cm³/mol. The first kappa shape index (κ1) is 10.1. The van der Waals surface area contributed by atoms with Crippen LogP contribution in [-0.4, -0.2) is 24.0 Å². The highest BCUT2D eigenvalue weighted by atomic mass is 19.3. The van der Waals surface area contributed by atoms with E-state index < -0.39 is 5.92 Å². The van der Waals surface area contributed by atoms with Crippen LogP contribution in [-0.2, 0) is 0 Å². The summed E-state index contributed by atoms with van der Waals surface area (Å²) in [5, 5.41) is 0. The number of hydrogen-bond acceptors (Lipinski definition) is 3. The lowest BCUT2D eigenvalue weighted by atomic mass is 10.1. The van der Waals surface area contributed by atoms with Gasteiger partial charge in [0, 0.05) is 43.9 Å². The minimum absolute atomic E-state index is 0.0881. The molecule has 0 aromatic carbocycles. The molecule has 1 saturated heterocycles. The highest BCUT2D eigenvalue weighted by molar-refractivity contribution is 5.52. The molecule has 1 fully saturated rings. The standard InChI is InChI=1S/C10H13F2N3/c11-10(12)2-5-15(6-3-10)8-1-4-14-9(13)7-8/h1,4,7H,2-3,5-6H2,(H2,13,14). The number of halogens is 2. The van der Waals surface area contributed by atoms with E-state index >= 15 is 0 Å². The zero-order chi connectivity index (χ0) is 10.9. The number of anilines is 2. The summed E-state index contributed by atoms with van der Waals surface area (Å²) in [5.41, 5.74) is 6.41. The van der Waals surface area contributed by atoms with Crippen molar-refractivity contribution in [3.8, 4) is 0 Å². The van der Waals surface area contributed by atoms with Crippen LogP contribution >= 0.6 is 0 Å². The molecule has 0 radical (unpaired) electrons. The van der Waals surface area contributed by atoms with Gasteiger partial charge in [-0.25, -0.2) is 13.8 Å². The van der Waals surface area contributed by atoms with Gasteiger partial charge < -0.3 is 10.6 Å². The van der Waals surface area contributed by atoms with E-state index in [0.29, 0.717) is 18.9 Å². The first-order valence-corrected chi connectivity index (χ1v) is 4.91. The van der Waals surface area contributed by atoms with E-state index in [0.717, 1.165) is 5.69 Å². The molecule has 2 N–H and O–H groups in total. The van der Waals surface area contributed by atoms with Gasteiger partial charge in [0.1, 0.15) is 5.82 Å². The summed E-state index contributed by atoms with van der Waals surface area (Å²) in [6, 6.07) is 3.50. The van der Waals surface area contributed by atoms with Crippen LogP contribution in [0.3, 0.4) is 0 Å². The Morgan fingerprint density at radius 2 is 2.00 bits per heavy atom. The summed E-state index contributed by atoms with van der Waals surface area (Å²) >= 11 is 0. The third kappa shape index (κ3) is 2.34. The van der Waals surface area contributed by atoms with E-state index in [1.54, 1.807) is 18.3 Å². The Balaban J connectivity index is 2.08. The Hall–Kier alpha value is -1.39. The van der Waals surface area contributed by atoms with Gasteiger partial charge in [-0.1, -0.05) is 0 Å². The van der Waals surface area contributed by atoms with Crippen molar-refractivity contribution in [3.05, 3.63) is 18.3 Å². The summed E-state index contributed by atoms with van der Waals surface area (Å²) in [5.74, 6) is -2.08. The summed E-state index contributed by atoms with van der Waals surface area (Å²) < 4.78 is 25.8. The second-order valence-electron chi connectivity index (χ2n) is 3.78. The number of pyridine rings is 1. The van der Waals surface area contributed by atoms with Gasteiger partial charge in [-0.15, -0.1) is 0 Å². The van der Waals surface area contributed by atoms with Crippen molar-refractivity contribution in [1.82, 2.24) is 4.98 Å². The van der Waals surface area contributed by atoms with Crippen molar-refractivity contribution in [2.45, 2.75) is 18.8 Å². The van der Waals surface area contributed by atoms with E-state index in [4.69, 9.17) is 5.73 Å². The van der Waals surface area contributed by atoms with E-state index in [2.05, 4.69) is 4.98 Å². The van der Waals surface area contributed by atoms with Crippen molar-refractivity contribution in [3.63, 3.8) is 0 Å². The monoisotopic (exact) mass is 213 g/mol. The number of aromatic nitrogens is 1. The molecule has 3 nitrogen and oxygen atoms in total. The Labute approximate surface area is 86.9 Å². The van der Waals surface area contributed by atoms with Crippen LogP contribution in [0.1, 0.15) is 12.8 Å². The molecule has 0 unspecified atom stereocenters. The van der Waals surface area contributed by atoms with Crippen LogP contribution in [0.2, 0.25) is 0 Å². The molecule has 0 bridgehead atoms. The van der Waals surface area contributed by atoms with E-state index in [1.807, 2.05) is 4.90 Å². The van der Waals surface area contributed by atoms with Gasteiger partial charge in [0.2, 0.25) is 0 Å². The van der Waals surface area contributed by atoms with Crippen LogP contribution in [0.15, 0.2) is 18.3 Å². The molecular formula is C10H13F2N3. The average molecular weight is 213 g/mol. The minimum Gasteiger partial charge on any atom is -0.384 e. The fraction of sp³-hybridized carbons (Fsp3) is 0.500. The largest absolute Gasteiger partial charge is 0.384 e. The van der Waals surface area contributed by atoms with Crippen molar-refractivity contribution in [1.29, 1.82) is 0 Å². The van der Waals surface area contributed by atoms with Gasteiger partial charge in [0.15, 0.2) is 0 Å². The molecule has 0 saturated carbocycles. The fourth-order valence-corrected chi connectivity index (χ4v) is 1.73. The fourth-order valence-electron chi connectivity index (χ4n) is 1.73. The molecule has 1 aromatic rings. The number of nitrogens with two attached hydrogens (primary N) is 1. The maximum atomic E-state index is 12.9. The molecule has 1 aromatic heterocycles. The lowest BCUT2D eigenvalue weighted by Gasteiger charge is -2.33. The maximum absolute atomic E-state index is 12.9. The summed E-state index contributed by atoms with van der Waals surface area (Å²) in [7, 11) is 0. The third-order valence-electron chi connectivity index (χ3n) is 2.62. The van der Waals surface area contributed by atoms with Crippen molar-refractivity contribution in [2.24, 2.45) is 0 Å². The van der Waals surface area contributed by atoms with Crippen molar-refractivity contribution < 1.29 is 8.78 Å². The highest BCUT2D eigenvalue weighted by Gasteiger charge is 2.33. The average Bonchev–Trinajstić information content (AvgIpc) is 2.17. The van der Waals surface area contributed by atoms with E-state index in [-0.39, 0.29) is 12.8 Å². The van der Waals surface area contributed by atoms with Gasteiger partial charge in [-0.05, 0) is 6.07 Å². The molecular weight excluding hydrogens is 200 g/mol. The first-order chi connectivity index (χ1) is 7.07. The third-order valence-corrected chi connectivity index (χ3v) is 2.62. The topological polar surface area (TPSA) is 42.1 Å². The second kappa shape index (κ2) is 3.64. The SMILES string of the molecule is Nc1cc(N2CCC(F)(F)CC2)ccn1. The molecule has 0 amide bonds. The quantitative estimate of drug-likeness (QED) is 0.774. The van der Waals surface area contributed by atoms with Gasteiger partial charge in [0.25, 0.3) is 5.92 Å². The first-order valence-electron chi connectivity index (χ1n) is 4.91. The molecule has 0 atom stereocenters. The molecule has 0 aliphatic carbocycles. The summed E-state index contributed by atoms with van der Waals surface area (Å²) in [6.07, 6.45) is 1.42. The smallest absolute Gasteiger partial charge is 0.251 e. The van der Waals surface area contributed by atoms with Crippen LogP contribution in [0, 0.1) is 0 Å². The predicted octanol–water partition coefficient (Wildman–Crippen LogP) is 1.90. The van der Waals surface area contributed by atoms with Gasteiger partial charge >= 0.3 is 0 Å². The zero-order valence-electron chi connectivity index (χ0n) is 8.29. The molecule has 82 valence electrons. The Morgan fingerprint density at radius 1 is 1.33 bits per heavy atom. The number of nitrogens with zero attached hydrogens (tertiary/aromatic N) is 2. The molecule has 15 heavy (non-hydrogen) atoms. The van der Waals surface area contributed by atoms with Crippen LogP contribution in [0.25, 0.3) is 0 Å². The molecule has 2 heterocycles. The van der Waals surface area contributed by atoms with Crippen molar-refractivity contribution in [2.75, 3.05) is 23.7 Å². The van der Waals surface area contributed by atoms with E-state index in [1.165, 1.54) is 0 Å². The van der Waals surface area contributed by atoms with Gasteiger partial charge in [-0.2, -0.15) is 0 Å². The van der Waals surface area contributed by atoms with E-state index in [9.17, 15) is 8.78 Å². The number of nitrogen functional groups attached to an aromatic ring is 1. The molecule has 0 spiro atoms. The van der Waals surface area contributed by atoms with Crippen molar-refractivity contribution >= 4 is 11.5 Å². The van der Waals surface area contributed by atoms with Crippen LogP contribution < -0.4 is 10.6 Å². The number of rotatable bonds is 1. The maximum Gasteiger partial charge on any atom is 0.251 e. The van der Waals surface area contributed by atoms with Gasteiger partial charge in [-0.3, -0.25) is 0 Å². The zero-order valence-corrected chi connectivity index (χ0v) is 8.29.